The molecule has 0 aliphatic rings. The lowest BCUT2D eigenvalue weighted by Gasteiger charge is -2.28. The Bertz CT molecular complexity index is 354. The molecule has 0 atom stereocenters. The van der Waals surface area contributed by atoms with Crippen molar-refractivity contribution in [1.82, 2.24) is 5.32 Å². The smallest absolute Gasteiger partial charge is 0.00965 e. The van der Waals surface area contributed by atoms with Gasteiger partial charge in [-0.25, -0.2) is 0 Å². The summed E-state index contributed by atoms with van der Waals surface area (Å²) in [6, 6.07) is 9.09. The minimum absolute atomic E-state index is 0.210. The zero-order chi connectivity index (χ0) is 13.8. The van der Waals surface area contributed by atoms with Crippen molar-refractivity contribution in [2.45, 2.75) is 65.3 Å². The van der Waals surface area contributed by atoms with E-state index in [1.807, 2.05) is 0 Å². The number of hydrogen-bond acceptors (Lipinski definition) is 1. The van der Waals surface area contributed by atoms with Crippen LogP contribution in [0.15, 0.2) is 24.3 Å². The van der Waals surface area contributed by atoms with Gasteiger partial charge in [-0.05, 0) is 56.7 Å². The second-order valence-electron chi connectivity index (χ2n) is 6.86. The Morgan fingerprint density at radius 2 is 1.50 bits per heavy atom. The fourth-order valence-electron chi connectivity index (χ4n) is 2.09. The molecule has 1 aromatic rings. The molecule has 0 bridgehead atoms. The van der Waals surface area contributed by atoms with Gasteiger partial charge in [0.05, 0.1) is 0 Å². The van der Waals surface area contributed by atoms with Crippen molar-refractivity contribution in [2.24, 2.45) is 0 Å². The average molecular weight is 247 g/mol. The molecule has 0 unspecified atom stereocenters. The van der Waals surface area contributed by atoms with Crippen LogP contribution in [0.3, 0.4) is 0 Å². The van der Waals surface area contributed by atoms with Crippen LogP contribution in [0.1, 0.15) is 59.1 Å². The van der Waals surface area contributed by atoms with Crippen molar-refractivity contribution in [1.29, 1.82) is 0 Å². The Labute approximate surface area is 113 Å². The van der Waals surface area contributed by atoms with Gasteiger partial charge in [0.15, 0.2) is 0 Å². The van der Waals surface area contributed by atoms with Gasteiger partial charge in [0, 0.05) is 5.54 Å². The van der Waals surface area contributed by atoms with E-state index in [9.17, 15) is 0 Å². The summed E-state index contributed by atoms with van der Waals surface area (Å²) >= 11 is 0. The second kappa shape index (κ2) is 5.88. The van der Waals surface area contributed by atoms with Crippen LogP contribution in [0.4, 0.5) is 0 Å². The molecule has 102 valence electrons. The molecular formula is C17H29N. The van der Waals surface area contributed by atoms with E-state index in [1.54, 1.807) is 0 Å². The van der Waals surface area contributed by atoms with E-state index in [4.69, 9.17) is 0 Å². The van der Waals surface area contributed by atoms with E-state index >= 15 is 0 Å². The first-order valence-electron chi connectivity index (χ1n) is 7.09. The first-order valence-corrected chi connectivity index (χ1v) is 7.09. The highest BCUT2D eigenvalue weighted by Gasteiger charge is 2.21. The van der Waals surface area contributed by atoms with Crippen LogP contribution >= 0.6 is 0 Å². The van der Waals surface area contributed by atoms with Crippen LogP contribution in [-0.4, -0.2) is 12.1 Å². The summed E-state index contributed by atoms with van der Waals surface area (Å²) in [7, 11) is 0. The monoisotopic (exact) mass is 247 g/mol. The van der Waals surface area contributed by atoms with Gasteiger partial charge >= 0.3 is 0 Å². The van der Waals surface area contributed by atoms with Crippen LogP contribution < -0.4 is 5.32 Å². The normalized spacial score (nSPS) is 12.8. The van der Waals surface area contributed by atoms with E-state index in [-0.39, 0.29) is 11.0 Å². The third-order valence-corrected chi connectivity index (χ3v) is 3.55. The lowest BCUT2D eigenvalue weighted by molar-refractivity contribution is 0.379. The van der Waals surface area contributed by atoms with Crippen LogP contribution in [-0.2, 0) is 11.8 Å². The molecule has 0 amide bonds. The summed E-state index contributed by atoms with van der Waals surface area (Å²) in [5, 5.41) is 3.57. The molecule has 1 rings (SSSR count). The fraction of sp³-hybridized carbons (Fsp3) is 0.647. The Hall–Kier alpha value is -0.820. The van der Waals surface area contributed by atoms with Crippen molar-refractivity contribution in [3.63, 3.8) is 0 Å². The van der Waals surface area contributed by atoms with E-state index in [0.29, 0.717) is 0 Å². The molecule has 0 fully saturated rings. The Kier molecular flexibility index (Phi) is 4.98. The number of hydrogen-bond donors (Lipinski definition) is 1. The average Bonchev–Trinajstić information content (AvgIpc) is 2.27. The zero-order valence-electron chi connectivity index (χ0n) is 12.9. The fourth-order valence-corrected chi connectivity index (χ4v) is 2.09. The van der Waals surface area contributed by atoms with Gasteiger partial charge in [-0.1, -0.05) is 45.0 Å². The van der Waals surface area contributed by atoms with Gasteiger partial charge in [-0.2, -0.15) is 0 Å². The van der Waals surface area contributed by atoms with Crippen LogP contribution in [0, 0.1) is 0 Å². The number of benzene rings is 1. The predicted octanol–water partition coefficient (Wildman–Crippen LogP) is 4.30. The second-order valence-corrected chi connectivity index (χ2v) is 6.86. The molecule has 0 saturated heterocycles. The van der Waals surface area contributed by atoms with Crippen LogP contribution in [0.5, 0.6) is 0 Å². The lowest BCUT2D eigenvalue weighted by atomic mass is 9.81. The van der Waals surface area contributed by atoms with E-state index in [2.05, 4.69) is 71.1 Å². The third-order valence-electron chi connectivity index (χ3n) is 3.55. The summed E-state index contributed by atoms with van der Waals surface area (Å²) < 4.78 is 0. The topological polar surface area (TPSA) is 12.0 Å². The van der Waals surface area contributed by atoms with Crippen molar-refractivity contribution < 1.29 is 0 Å². The highest BCUT2D eigenvalue weighted by atomic mass is 14.9. The van der Waals surface area contributed by atoms with E-state index in [0.717, 1.165) is 19.4 Å². The Balaban J connectivity index is 2.61. The summed E-state index contributed by atoms with van der Waals surface area (Å²) in [6.45, 7) is 14.6. The number of aryl methyl sites for hydroxylation is 1. The van der Waals surface area contributed by atoms with Crippen molar-refractivity contribution >= 4 is 0 Å². The summed E-state index contributed by atoms with van der Waals surface area (Å²) in [6.07, 6.45) is 2.28. The molecule has 1 heteroatoms. The Morgan fingerprint density at radius 1 is 0.944 bits per heavy atom. The molecule has 0 heterocycles. The summed E-state index contributed by atoms with van der Waals surface area (Å²) in [4.78, 5) is 0. The SMILES string of the molecule is CCc1ccc(C(C)(C)CCNC(C)(C)C)cc1. The minimum atomic E-state index is 0.210. The molecule has 1 N–H and O–H groups in total. The molecule has 0 aliphatic heterocycles. The maximum atomic E-state index is 3.57. The standard InChI is InChI=1S/C17H29N/c1-7-14-8-10-15(11-9-14)17(5,6)12-13-18-16(2,3)4/h8-11,18H,7,12-13H2,1-6H3. The van der Waals surface area contributed by atoms with Crippen LogP contribution in [0.2, 0.25) is 0 Å². The molecule has 0 aromatic heterocycles. The molecule has 18 heavy (non-hydrogen) atoms. The van der Waals surface area contributed by atoms with Crippen LogP contribution in [0.25, 0.3) is 0 Å². The minimum Gasteiger partial charge on any atom is -0.312 e. The number of nitrogens with one attached hydrogen (secondary N) is 1. The lowest BCUT2D eigenvalue weighted by Crippen LogP contribution is -2.38. The van der Waals surface area contributed by atoms with E-state index < -0.39 is 0 Å². The van der Waals surface area contributed by atoms with Crippen molar-refractivity contribution in [3.05, 3.63) is 35.4 Å². The molecule has 0 aliphatic carbocycles. The highest BCUT2D eigenvalue weighted by molar-refractivity contribution is 5.28. The third kappa shape index (κ3) is 4.81. The van der Waals surface area contributed by atoms with Gasteiger partial charge in [-0.3, -0.25) is 0 Å². The maximum Gasteiger partial charge on any atom is 0.00965 e. The molecule has 0 spiro atoms. The molecule has 1 aromatic carbocycles. The first kappa shape index (κ1) is 15.2. The van der Waals surface area contributed by atoms with Gasteiger partial charge in [0.1, 0.15) is 0 Å². The first-order chi connectivity index (χ1) is 8.24. The van der Waals surface area contributed by atoms with Gasteiger partial charge < -0.3 is 5.32 Å². The molecule has 0 saturated carbocycles. The van der Waals surface area contributed by atoms with Crippen molar-refractivity contribution in [3.8, 4) is 0 Å². The quantitative estimate of drug-likeness (QED) is 0.818. The molecule has 0 radical (unpaired) electrons. The van der Waals surface area contributed by atoms with Gasteiger partial charge in [-0.15, -0.1) is 0 Å². The largest absolute Gasteiger partial charge is 0.312 e. The maximum absolute atomic E-state index is 3.57. The van der Waals surface area contributed by atoms with Crippen molar-refractivity contribution in [2.75, 3.05) is 6.54 Å². The van der Waals surface area contributed by atoms with Gasteiger partial charge in [0.25, 0.3) is 0 Å². The Morgan fingerprint density at radius 3 is 1.94 bits per heavy atom. The molecular weight excluding hydrogens is 218 g/mol. The molecule has 1 nitrogen and oxygen atoms in total. The summed E-state index contributed by atoms with van der Waals surface area (Å²) in [5.74, 6) is 0. The number of rotatable bonds is 5. The predicted molar refractivity (Wildman–Crippen MR) is 81.2 cm³/mol. The van der Waals surface area contributed by atoms with E-state index in [1.165, 1.54) is 11.1 Å². The summed E-state index contributed by atoms with van der Waals surface area (Å²) in [5.41, 5.74) is 3.31. The zero-order valence-corrected chi connectivity index (χ0v) is 12.9. The van der Waals surface area contributed by atoms with Gasteiger partial charge in [0.2, 0.25) is 0 Å². The highest BCUT2D eigenvalue weighted by Crippen LogP contribution is 2.27.